The first-order valence-corrected chi connectivity index (χ1v) is 5.11. The molecule has 2 heteroatoms. The van der Waals surface area contributed by atoms with Crippen LogP contribution in [0.15, 0.2) is 23.5 Å². The molecule has 2 nitrogen and oxygen atoms in total. The predicted octanol–water partition coefficient (Wildman–Crippen LogP) is 2.24. The monoisotopic (exact) mass is 195 g/mol. The van der Waals surface area contributed by atoms with E-state index in [0.717, 1.165) is 5.70 Å². The van der Waals surface area contributed by atoms with Crippen molar-refractivity contribution in [1.82, 2.24) is 0 Å². The second-order valence-electron chi connectivity index (χ2n) is 5.99. The van der Waals surface area contributed by atoms with Crippen LogP contribution in [0.25, 0.3) is 0 Å². The summed E-state index contributed by atoms with van der Waals surface area (Å²) >= 11 is 0. The predicted molar refractivity (Wildman–Crippen MR) is 59.4 cm³/mol. The summed E-state index contributed by atoms with van der Waals surface area (Å²) in [5, 5.41) is 11.9. The summed E-state index contributed by atoms with van der Waals surface area (Å²) in [6, 6.07) is 0. The van der Waals surface area contributed by atoms with Crippen LogP contribution in [-0.2, 0) is 0 Å². The van der Waals surface area contributed by atoms with Crippen LogP contribution < -0.4 is 5.06 Å². The first-order valence-electron chi connectivity index (χ1n) is 5.11. The van der Waals surface area contributed by atoms with Crippen LogP contribution in [0, 0.1) is 16.0 Å². The third-order valence-corrected chi connectivity index (χ3v) is 2.48. The van der Waals surface area contributed by atoms with Crippen molar-refractivity contribution in [2.45, 2.75) is 41.5 Å². The summed E-state index contributed by atoms with van der Waals surface area (Å²) in [7, 11) is 0. The Bertz CT molecular complexity index is 286. The standard InChI is InChI=1S/C12H21NO/c1-11(2,3)9-7-8-13(14)10(9)12(4,5)6/h7-8,13H,1-6H3. The van der Waals surface area contributed by atoms with Gasteiger partial charge in [-0.1, -0.05) is 41.5 Å². The van der Waals surface area contributed by atoms with Crippen molar-refractivity contribution in [2.24, 2.45) is 10.8 Å². The Labute approximate surface area is 86.9 Å². The van der Waals surface area contributed by atoms with Crippen molar-refractivity contribution < 1.29 is 5.06 Å². The fraction of sp³-hybridized carbons (Fsp3) is 0.667. The van der Waals surface area contributed by atoms with Crippen LogP contribution in [0.4, 0.5) is 0 Å². The van der Waals surface area contributed by atoms with Gasteiger partial charge in [0, 0.05) is 17.1 Å². The topological polar surface area (TPSA) is 27.5 Å². The van der Waals surface area contributed by atoms with E-state index in [9.17, 15) is 5.21 Å². The van der Waals surface area contributed by atoms with Crippen molar-refractivity contribution >= 4 is 0 Å². The summed E-state index contributed by atoms with van der Waals surface area (Å²) in [5.74, 6) is 0. The highest BCUT2D eigenvalue weighted by Gasteiger charge is 2.34. The average Bonchev–Trinajstić information content (AvgIpc) is 2.27. The molecule has 1 atom stereocenters. The zero-order valence-corrected chi connectivity index (χ0v) is 10.1. The molecule has 0 fully saturated rings. The molecule has 0 amide bonds. The summed E-state index contributed by atoms with van der Waals surface area (Å²) in [4.78, 5) is 0. The number of hydroxylamine groups is 2. The first kappa shape index (κ1) is 11.5. The fourth-order valence-corrected chi connectivity index (χ4v) is 1.86. The Morgan fingerprint density at radius 3 is 1.79 bits per heavy atom. The molecule has 0 aromatic carbocycles. The van der Waals surface area contributed by atoms with Gasteiger partial charge < -0.3 is 10.3 Å². The molecule has 0 bridgehead atoms. The highest BCUT2D eigenvalue weighted by atomic mass is 16.5. The Kier molecular flexibility index (Phi) is 2.63. The minimum absolute atomic E-state index is 0.0524. The number of quaternary nitrogens is 1. The molecule has 1 rings (SSSR count). The third kappa shape index (κ3) is 2.07. The molecule has 0 aliphatic carbocycles. The van der Waals surface area contributed by atoms with E-state index in [1.807, 2.05) is 6.08 Å². The van der Waals surface area contributed by atoms with Crippen molar-refractivity contribution in [2.75, 3.05) is 0 Å². The SMILES string of the molecule is CC(C)(C)C1=C(C(C)(C)C)[NH+]([O-])C=C1. The molecule has 0 spiro atoms. The maximum Gasteiger partial charge on any atom is 0.121 e. The molecular formula is C12H21NO. The lowest BCUT2D eigenvalue weighted by Gasteiger charge is -2.31. The number of allylic oxidation sites excluding steroid dienone is 3. The Balaban J connectivity index is 3.22. The van der Waals surface area contributed by atoms with E-state index >= 15 is 0 Å². The molecule has 1 aliphatic rings. The molecule has 1 heterocycles. The first-order chi connectivity index (χ1) is 6.14. The molecule has 14 heavy (non-hydrogen) atoms. The highest BCUT2D eigenvalue weighted by molar-refractivity contribution is 5.32. The van der Waals surface area contributed by atoms with Gasteiger partial charge in [0.25, 0.3) is 0 Å². The Morgan fingerprint density at radius 1 is 1.00 bits per heavy atom. The number of nitrogens with one attached hydrogen (secondary N) is 1. The zero-order valence-electron chi connectivity index (χ0n) is 10.1. The number of hydrogen-bond acceptors (Lipinski definition) is 1. The number of rotatable bonds is 0. The smallest absolute Gasteiger partial charge is 0.121 e. The van der Waals surface area contributed by atoms with Gasteiger partial charge >= 0.3 is 0 Å². The van der Waals surface area contributed by atoms with Gasteiger partial charge in [-0.05, 0) is 5.41 Å². The Hall–Kier alpha value is -0.600. The molecule has 0 saturated heterocycles. The van der Waals surface area contributed by atoms with Crippen molar-refractivity contribution in [3.63, 3.8) is 0 Å². The van der Waals surface area contributed by atoms with Gasteiger partial charge in [0.2, 0.25) is 0 Å². The lowest BCUT2D eigenvalue weighted by atomic mass is 9.79. The minimum atomic E-state index is -0.0524. The third-order valence-electron chi connectivity index (χ3n) is 2.48. The van der Waals surface area contributed by atoms with Crippen molar-refractivity contribution in [3.05, 3.63) is 28.8 Å². The van der Waals surface area contributed by atoms with Crippen LogP contribution in [0.1, 0.15) is 41.5 Å². The van der Waals surface area contributed by atoms with Crippen LogP contribution in [0.3, 0.4) is 0 Å². The molecule has 1 N–H and O–H groups in total. The van der Waals surface area contributed by atoms with Crippen molar-refractivity contribution in [1.29, 1.82) is 0 Å². The normalized spacial score (nSPS) is 23.5. The lowest BCUT2D eigenvalue weighted by Crippen LogP contribution is -3.00. The van der Waals surface area contributed by atoms with Crippen LogP contribution in [0.5, 0.6) is 0 Å². The quantitative estimate of drug-likeness (QED) is 0.590. The van der Waals surface area contributed by atoms with Crippen LogP contribution in [0.2, 0.25) is 0 Å². The van der Waals surface area contributed by atoms with Gasteiger partial charge in [-0.25, -0.2) is 0 Å². The van der Waals surface area contributed by atoms with E-state index < -0.39 is 0 Å². The maximum absolute atomic E-state index is 11.7. The van der Waals surface area contributed by atoms with Crippen LogP contribution in [-0.4, -0.2) is 0 Å². The molecule has 80 valence electrons. The van der Waals surface area contributed by atoms with E-state index in [2.05, 4.69) is 41.5 Å². The second-order valence-corrected chi connectivity index (χ2v) is 5.99. The minimum Gasteiger partial charge on any atom is -0.624 e. The largest absolute Gasteiger partial charge is 0.624 e. The van der Waals surface area contributed by atoms with Crippen molar-refractivity contribution in [3.8, 4) is 0 Å². The molecule has 0 saturated carbocycles. The van der Waals surface area contributed by atoms with E-state index in [0.29, 0.717) is 0 Å². The van der Waals surface area contributed by atoms with E-state index in [4.69, 9.17) is 0 Å². The maximum atomic E-state index is 11.7. The summed E-state index contributed by atoms with van der Waals surface area (Å²) in [5.41, 5.74) is 2.18. The van der Waals surface area contributed by atoms with E-state index in [-0.39, 0.29) is 15.9 Å². The lowest BCUT2D eigenvalue weighted by molar-refractivity contribution is -0.751. The average molecular weight is 195 g/mol. The Morgan fingerprint density at radius 2 is 1.50 bits per heavy atom. The molecule has 1 aliphatic heterocycles. The van der Waals surface area contributed by atoms with Gasteiger partial charge in [0.15, 0.2) is 0 Å². The molecular weight excluding hydrogens is 174 g/mol. The van der Waals surface area contributed by atoms with Gasteiger partial charge in [0.1, 0.15) is 5.70 Å². The highest BCUT2D eigenvalue weighted by Crippen LogP contribution is 2.35. The fourth-order valence-electron chi connectivity index (χ4n) is 1.86. The molecule has 1 unspecified atom stereocenters. The summed E-state index contributed by atoms with van der Waals surface area (Å²) < 4.78 is 0. The summed E-state index contributed by atoms with van der Waals surface area (Å²) in [6.45, 7) is 12.7. The van der Waals surface area contributed by atoms with Gasteiger partial charge in [-0.15, -0.1) is 0 Å². The van der Waals surface area contributed by atoms with Gasteiger partial charge in [-0.2, -0.15) is 0 Å². The van der Waals surface area contributed by atoms with E-state index in [1.54, 1.807) is 6.20 Å². The molecule has 0 aromatic heterocycles. The van der Waals surface area contributed by atoms with E-state index in [1.165, 1.54) is 5.57 Å². The summed E-state index contributed by atoms with van der Waals surface area (Å²) in [6.07, 6.45) is 3.67. The molecule has 0 aromatic rings. The zero-order chi connectivity index (χ0) is 11.1. The second kappa shape index (κ2) is 3.21. The number of hydrogen-bond donors (Lipinski definition) is 1. The van der Waals surface area contributed by atoms with Gasteiger partial charge in [0.05, 0.1) is 6.20 Å². The van der Waals surface area contributed by atoms with Crippen LogP contribution >= 0.6 is 0 Å². The molecule has 0 radical (unpaired) electrons. The van der Waals surface area contributed by atoms with Gasteiger partial charge in [-0.3, -0.25) is 0 Å².